The number of hydrogen-bond acceptors (Lipinski definition) is 15. The van der Waals surface area contributed by atoms with Crippen LogP contribution in [0.15, 0.2) is 24.3 Å². The molecule has 0 fully saturated rings. The van der Waals surface area contributed by atoms with Gasteiger partial charge in [-0.15, -0.1) is 0 Å². The Hall–Kier alpha value is -2.46. The molecule has 0 aromatic heterocycles. The maximum atomic E-state index is 13.1. The van der Waals surface area contributed by atoms with E-state index in [9.17, 15) is 43.2 Å². The highest BCUT2D eigenvalue weighted by Crippen LogP contribution is 2.45. The van der Waals surface area contributed by atoms with Crippen molar-refractivity contribution in [2.45, 2.75) is 432 Å². The third-order valence-electron chi connectivity index (χ3n) is 19.6. The lowest BCUT2D eigenvalue weighted by Crippen LogP contribution is -2.30. The van der Waals surface area contributed by atoms with Crippen molar-refractivity contribution in [3.63, 3.8) is 0 Å². The smallest absolute Gasteiger partial charge is 0.462 e. The van der Waals surface area contributed by atoms with Crippen LogP contribution in [0.5, 0.6) is 0 Å². The summed E-state index contributed by atoms with van der Waals surface area (Å²) >= 11 is 0. The quantitative estimate of drug-likeness (QED) is 0.0169. The second kappa shape index (κ2) is 74.0. The Morgan fingerprint density at radius 3 is 0.833 bits per heavy atom. The molecule has 0 heterocycles. The lowest BCUT2D eigenvalue weighted by atomic mass is 9.99. The SMILES string of the molecule is CCCCCC/C=C\C=C/CCCCCCCC(=O)OC[C@H](COP(=O)(O)OC[C@@H](O)COP(=O)(O)OC[C@@H](COC(=O)CCCCCCCCCCC(C)CC)OC(=O)CCCCCCCCCCCCCCC)OC(=O)CCCCCCCCCCCCCCCCCCCCC(C)CC. The van der Waals surface area contributed by atoms with Crippen molar-refractivity contribution in [1.29, 1.82) is 0 Å². The predicted octanol–water partition coefficient (Wildman–Crippen LogP) is 24.6. The fourth-order valence-electron chi connectivity index (χ4n) is 12.3. The van der Waals surface area contributed by atoms with Crippen LogP contribution in [0.1, 0.15) is 414 Å². The summed E-state index contributed by atoms with van der Waals surface area (Å²) in [7, 11) is -9.93. The Morgan fingerprint density at radius 1 is 0.314 bits per heavy atom. The van der Waals surface area contributed by atoms with Crippen molar-refractivity contribution < 1.29 is 80.2 Å². The summed E-state index contributed by atoms with van der Waals surface area (Å²) in [5.74, 6) is -0.491. The highest BCUT2D eigenvalue weighted by atomic mass is 31.2. The zero-order valence-electron chi connectivity index (χ0n) is 66.4. The van der Waals surface area contributed by atoms with E-state index in [-0.39, 0.29) is 25.7 Å². The molecular weight excluding hydrogens is 1330 g/mol. The van der Waals surface area contributed by atoms with E-state index >= 15 is 0 Å². The van der Waals surface area contributed by atoms with E-state index in [0.29, 0.717) is 25.7 Å². The van der Waals surface area contributed by atoms with Gasteiger partial charge in [-0.2, -0.15) is 0 Å². The van der Waals surface area contributed by atoms with Crippen LogP contribution in [0.2, 0.25) is 0 Å². The fraction of sp³-hybridized carbons (Fsp3) is 0.904. The van der Waals surface area contributed by atoms with Crippen LogP contribution in [-0.4, -0.2) is 96.7 Å². The van der Waals surface area contributed by atoms with Crippen molar-refractivity contribution in [1.82, 2.24) is 0 Å². The summed E-state index contributed by atoms with van der Waals surface area (Å²) < 4.78 is 68.7. The van der Waals surface area contributed by atoms with E-state index in [1.165, 1.54) is 212 Å². The van der Waals surface area contributed by atoms with Crippen LogP contribution in [0.3, 0.4) is 0 Å². The molecule has 102 heavy (non-hydrogen) atoms. The van der Waals surface area contributed by atoms with Gasteiger partial charge in [-0.25, -0.2) is 9.13 Å². The average molecular weight is 1490 g/mol. The maximum Gasteiger partial charge on any atom is 0.472 e. The van der Waals surface area contributed by atoms with Gasteiger partial charge in [0.15, 0.2) is 12.2 Å². The molecule has 0 saturated carbocycles. The second-order valence-electron chi connectivity index (χ2n) is 29.7. The van der Waals surface area contributed by atoms with Gasteiger partial charge in [0.1, 0.15) is 19.3 Å². The summed E-state index contributed by atoms with van der Waals surface area (Å²) in [6.45, 7) is 9.65. The molecule has 602 valence electrons. The van der Waals surface area contributed by atoms with Crippen LogP contribution in [0, 0.1) is 11.8 Å². The minimum Gasteiger partial charge on any atom is -0.462 e. The molecule has 0 aromatic carbocycles. The van der Waals surface area contributed by atoms with Crippen LogP contribution >= 0.6 is 15.6 Å². The topological polar surface area (TPSA) is 237 Å². The number of ether oxygens (including phenoxy) is 4. The molecule has 0 aliphatic rings. The minimum absolute atomic E-state index is 0.102. The van der Waals surface area contributed by atoms with Crippen molar-refractivity contribution >= 4 is 39.5 Å². The number of hydrogen-bond donors (Lipinski definition) is 3. The Labute approximate surface area is 624 Å². The fourth-order valence-corrected chi connectivity index (χ4v) is 13.9. The van der Waals surface area contributed by atoms with E-state index in [1.807, 2.05) is 0 Å². The first-order valence-corrected chi connectivity index (χ1v) is 45.4. The standard InChI is InChI=1S/C83H158O17P2/c1-7-11-13-15-17-19-21-23-28-33-36-40-47-53-59-65-80(85)93-71-78(99-83(88)68-62-56-50-42-38-34-30-27-25-24-26-29-32-35-39-45-51-57-63-75(5)9-3)73-97-101(89,90)95-69-77(84)70-96-102(91,92)98-74-79(72-94-81(86)66-60-54-48-44-43-46-52-58-64-76(6)10-4)100-82(87)67-61-55-49-41-37-31-22-20-18-16-14-12-8-2/h19,21,23,28,75-79,84H,7-18,20,22,24-27,29-74H2,1-6H3,(H,89,90)(H,91,92)/b21-19-,28-23-/t75?,76?,77-,78-,79-/m1/s1. The number of phosphoric acid groups is 2. The summed E-state index contributed by atoms with van der Waals surface area (Å²) in [5.41, 5.74) is 0. The summed E-state index contributed by atoms with van der Waals surface area (Å²) in [6, 6.07) is 0. The van der Waals surface area contributed by atoms with Crippen LogP contribution < -0.4 is 0 Å². The first-order chi connectivity index (χ1) is 49.4. The zero-order chi connectivity index (χ0) is 74.9. The van der Waals surface area contributed by atoms with Crippen LogP contribution in [-0.2, 0) is 65.4 Å². The third-order valence-corrected chi connectivity index (χ3v) is 21.5. The third kappa shape index (κ3) is 73.1. The number of aliphatic hydroxyl groups is 1. The highest BCUT2D eigenvalue weighted by molar-refractivity contribution is 7.47. The molecule has 0 amide bonds. The van der Waals surface area contributed by atoms with Crippen molar-refractivity contribution in [3.8, 4) is 0 Å². The number of unbranched alkanes of at least 4 members (excludes halogenated alkanes) is 45. The van der Waals surface area contributed by atoms with Gasteiger partial charge in [0.05, 0.1) is 26.4 Å². The monoisotopic (exact) mass is 1490 g/mol. The largest absolute Gasteiger partial charge is 0.472 e. The predicted molar refractivity (Wildman–Crippen MR) is 418 cm³/mol. The molecule has 0 aromatic rings. The Kier molecular flexibility index (Phi) is 72.2. The molecule has 3 N–H and O–H groups in total. The molecule has 0 bridgehead atoms. The molecule has 0 aliphatic heterocycles. The summed E-state index contributed by atoms with van der Waals surface area (Å²) in [5, 5.41) is 10.6. The lowest BCUT2D eigenvalue weighted by molar-refractivity contribution is -0.161. The molecule has 4 unspecified atom stereocenters. The van der Waals surface area contributed by atoms with E-state index in [1.54, 1.807) is 0 Å². The lowest BCUT2D eigenvalue weighted by Gasteiger charge is -2.21. The minimum atomic E-state index is -4.97. The zero-order valence-corrected chi connectivity index (χ0v) is 68.2. The average Bonchev–Trinajstić information content (AvgIpc) is 0.940. The summed E-state index contributed by atoms with van der Waals surface area (Å²) in [6.07, 6.45) is 67.3. The van der Waals surface area contributed by atoms with Crippen LogP contribution in [0.4, 0.5) is 0 Å². The number of aliphatic hydroxyl groups excluding tert-OH is 1. The maximum absolute atomic E-state index is 13.1. The molecular formula is C83H158O17P2. The Morgan fingerprint density at radius 2 is 0.549 bits per heavy atom. The van der Waals surface area contributed by atoms with Gasteiger partial charge in [-0.3, -0.25) is 37.3 Å². The molecule has 19 heteroatoms. The van der Waals surface area contributed by atoms with Crippen molar-refractivity contribution in [2.75, 3.05) is 39.6 Å². The molecule has 17 nitrogen and oxygen atoms in total. The van der Waals surface area contributed by atoms with Gasteiger partial charge in [-0.05, 0) is 63.2 Å². The van der Waals surface area contributed by atoms with E-state index in [0.717, 1.165) is 121 Å². The van der Waals surface area contributed by atoms with Crippen LogP contribution in [0.25, 0.3) is 0 Å². The molecule has 0 saturated heterocycles. The molecule has 0 rings (SSSR count). The normalized spacial score (nSPS) is 14.6. The van der Waals surface area contributed by atoms with Gasteiger partial charge in [0, 0.05) is 25.7 Å². The first-order valence-electron chi connectivity index (χ1n) is 42.4. The molecule has 7 atom stereocenters. The number of allylic oxidation sites excluding steroid dienone is 4. The van der Waals surface area contributed by atoms with Gasteiger partial charge in [0.2, 0.25) is 0 Å². The highest BCUT2D eigenvalue weighted by Gasteiger charge is 2.30. The van der Waals surface area contributed by atoms with Crippen molar-refractivity contribution in [3.05, 3.63) is 24.3 Å². The number of esters is 4. The number of phosphoric ester groups is 2. The van der Waals surface area contributed by atoms with E-state index in [4.69, 9.17) is 37.0 Å². The number of carbonyl (C=O) groups is 4. The Bertz CT molecular complexity index is 2060. The van der Waals surface area contributed by atoms with Gasteiger partial charge < -0.3 is 33.8 Å². The molecule has 0 spiro atoms. The van der Waals surface area contributed by atoms with Gasteiger partial charge >= 0.3 is 39.5 Å². The van der Waals surface area contributed by atoms with E-state index < -0.39 is 97.5 Å². The van der Waals surface area contributed by atoms with Gasteiger partial charge in [0.25, 0.3) is 0 Å². The first kappa shape index (κ1) is 99.5. The van der Waals surface area contributed by atoms with Crippen molar-refractivity contribution in [2.24, 2.45) is 11.8 Å². The number of rotatable bonds is 80. The molecule has 0 aliphatic carbocycles. The van der Waals surface area contributed by atoms with Gasteiger partial charge in [-0.1, -0.05) is 361 Å². The second-order valence-corrected chi connectivity index (χ2v) is 32.6. The van der Waals surface area contributed by atoms with E-state index in [2.05, 4.69) is 65.8 Å². The summed E-state index contributed by atoms with van der Waals surface area (Å²) in [4.78, 5) is 73.1. The Balaban J connectivity index is 5.26. The molecule has 0 radical (unpaired) electrons. The number of carbonyl (C=O) groups excluding carboxylic acids is 4.